The number of unbranched alkanes of at least 4 members (excludes halogenated alkanes) is 1. The Kier molecular flexibility index (Phi) is 6.64. The first-order chi connectivity index (χ1) is 12.9. The van der Waals surface area contributed by atoms with Crippen LogP contribution in [-0.2, 0) is 4.74 Å². The Labute approximate surface area is 169 Å². The Morgan fingerprint density at radius 2 is 1.71 bits per heavy atom. The van der Waals surface area contributed by atoms with Crippen molar-refractivity contribution < 1.29 is 14.3 Å². The van der Waals surface area contributed by atoms with E-state index in [9.17, 15) is 9.59 Å². The van der Waals surface area contributed by atoms with Gasteiger partial charge in [-0.2, -0.15) is 0 Å². The summed E-state index contributed by atoms with van der Waals surface area (Å²) in [5, 5.41) is 3.69. The summed E-state index contributed by atoms with van der Waals surface area (Å²) < 4.78 is 4.90. The van der Waals surface area contributed by atoms with Crippen LogP contribution in [0.1, 0.15) is 92.4 Å². The molecule has 0 unspecified atom stereocenters. The lowest BCUT2D eigenvalue weighted by Gasteiger charge is -2.49. The van der Waals surface area contributed by atoms with Crippen molar-refractivity contribution in [3.8, 4) is 0 Å². The molecule has 0 spiro atoms. The van der Waals surface area contributed by atoms with Gasteiger partial charge in [-0.05, 0) is 66.4 Å². The van der Waals surface area contributed by atoms with Crippen molar-refractivity contribution in [2.45, 2.75) is 91.3 Å². The van der Waals surface area contributed by atoms with Gasteiger partial charge in [-0.1, -0.05) is 13.3 Å². The summed E-state index contributed by atoms with van der Waals surface area (Å²) in [5.74, 6) is -0.433. The molecular weight excluding hydrogens is 354 g/mol. The number of hydrogen-bond acceptors (Lipinski definition) is 4. The van der Waals surface area contributed by atoms with Crippen molar-refractivity contribution in [2.24, 2.45) is 0 Å². The van der Waals surface area contributed by atoms with E-state index >= 15 is 0 Å². The second kappa shape index (κ2) is 8.27. The molecule has 1 saturated heterocycles. The molecule has 158 valence electrons. The number of rotatable bonds is 6. The first-order valence-electron chi connectivity index (χ1n) is 10.3. The van der Waals surface area contributed by atoms with Gasteiger partial charge in [-0.25, -0.2) is 4.79 Å². The molecule has 1 aromatic rings. The van der Waals surface area contributed by atoms with Crippen LogP contribution in [0.5, 0.6) is 0 Å². The van der Waals surface area contributed by atoms with Crippen molar-refractivity contribution in [1.82, 2.24) is 15.2 Å². The van der Waals surface area contributed by atoms with Gasteiger partial charge in [-0.3, -0.25) is 4.79 Å². The summed E-state index contributed by atoms with van der Waals surface area (Å²) in [6.45, 7) is 15.3. The number of amides is 1. The molecule has 2 N–H and O–H groups in total. The third kappa shape index (κ3) is 4.77. The van der Waals surface area contributed by atoms with E-state index in [1.54, 1.807) is 0 Å². The molecule has 2 heterocycles. The van der Waals surface area contributed by atoms with Gasteiger partial charge in [-0.15, -0.1) is 0 Å². The van der Waals surface area contributed by atoms with Crippen LogP contribution in [0.15, 0.2) is 0 Å². The maximum atomic E-state index is 13.6. The van der Waals surface area contributed by atoms with Gasteiger partial charge in [0.05, 0.1) is 12.7 Å². The third-order valence-electron chi connectivity index (χ3n) is 5.66. The highest BCUT2D eigenvalue weighted by molar-refractivity contribution is 6.00. The zero-order valence-electron chi connectivity index (χ0n) is 18.8. The second-order valence-corrected chi connectivity index (χ2v) is 9.42. The van der Waals surface area contributed by atoms with Crippen molar-refractivity contribution >= 4 is 11.9 Å². The lowest BCUT2D eigenvalue weighted by Crippen LogP contribution is -2.63. The van der Waals surface area contributed by atoms with E-state index in [-0.39, 0.29) is 23.0 Å². The molecule has 0 saturated carbocycles. The molecule has 0 radical (unpaired) electrons. The Morgan fingerprint density at radius 1 is 1.14 bits per heavy atom. The van der Waals surface area contributed by atoms with Crippen LogP contribution in [0.25, 0.3) is 0 Å². The maximum absolute atomic E-state index is 13.6. The predicted octanol–water partition coefficient (Wildman–Crippen LogP) is 3.97. The number of esters is 1. The molecule has 0 aliphatic carbocycles. The number of H-pyrrole nitrogens is 1. The summed E-state index contributed by atoms with van der Waals surface area (Å²) in [5.41, 5.74) is 2.22. The predicted molar refractivity (Wildman–Crippen MR) is 112 cm³/mol. The Hall–Kier alpha value is -1.82. The number of hydrogen-bond donors (Lipinski definition) is 2. The summed E-state index contributed by atoms with van der Waals surface area (Å²) in [4.78, 5) is 30.9. The number of nitrogens with zero attached hydrogens (tertiary/aromatic N) is 1. The van der Waals surface area contributed by atoms with E-state index in [2.05, 4.69) is 44.9 Å². The topological polar surface area (TPSA) is 74.4 Å². The van der Waals surface area contributed by atoms with Crippen LogP contribution < -0.4 is 5.32 Å². The zero-order valence-corrected chi connectivity index (χ0v) is 18.8. The molecule has 1 fully saturated rings. The van der Waals surface area contributed by atoms with Gasteiger partial charge in [0.25, 0.3) is 5.91 Å². The Bertz CT molecular complexity index is 718. The number of carbonyl (C=O) groups excluding carboxylic acids is 2. The molecule has 0 bridgehead atoms. The van der Waals surface area contributed by atoms with E-state index in [4.69, 9.17) is 4.74 Å². The third-order valence-corrected chi connectivity index (χ3v) is 5.66. The Morgan fingerprint density at radius 3 is 2.21 bits per heavy atom. The van der Waals surface area contributed by atoms with E-state index in [0.717, 1.165) is 32.2 Å². The highest BCUT2D eigenvalue weighted by atomic mass is 16.5. The summed E-state index contributed by atoms with van der Waals surface area (Å²) in [6.07, 6.45) is 3.78. The number of aryl methyl sites for hydroxylation is 1. The van der Waals surface area contributed by atoms with Crippen LogP contribution in [0, 0.1) is 13.8 Å². The minimum atomic E-state index is -0.408. The molecule has 0 aromatic carbocycles. The maximum Gasteiger partial charge on any atom is 0.339 e. The first kappa shape index (κ1) is 22.5. The first-order valence-corrected chi connectivity index (χ1v) is 10.3. The molecule has 1 amide bonds. The number of nitrogens with one attached hydrogen (secondary N) is 2. The SMILES string of the molecule is CCCCN(C(=O)c1[nH]c(C)c(C(=O)OC)c1C)C1CC(C)(C)NC(C)(C)C1. The van der Waals surface area contributed by atoms with Crippen molar-refractivity contribution in [3.63, 3.8) is 0 Å². The monoisotopic (exact) mass is 391 g/mol. The van der Waals surface area contributed by atoms with Crippen LogP contribution in [0.2, 0.25) is 0 Å². The summed E-state index contributed by atoms with van der Waals surface area (Å²) in [6, 6.07) is 0.148. The van der Waals surface area contributed by atoms with Crippen LogP contribution in [0.4, 0.5) is 0 Å². The van der Waals surface area contributed by atoms with Crippen molar-refractivity contribution in [1.29, 1.82) is 0 Å². The standard InChI is InChI=1S/C22H37N3O3/c1-9-10-11-25(16-12-21(4,5)24-22(6,7)13-16)19(26)18-14(2)17(15(3)23-18)20(27)28-8/h16,23-24H,9-13H2,1-8H3. The lowest BCUT2D eigenvalue weighted by molar-refractivity contribution is 0.0436. The van der Waals surface area contributed by atoms with Crippen molar-refractivity contribution in [2.75, 3.05) is 13.7 Å². The normalized spacial score (nSPS) is 18.7. The molecule has 0 atom stereocenters. The van der Waals surface area contributed by atoms with Gasteiger partial charge in [0.2, 0.25) is 0 Å². The number of methoxy groups -OCH3 is 1. The second-order valence-electron chi connectivity index (χ2n) is 9.42. The largest absolute Gasteiger partial charge is 0.465 e. The molecule has 28 heavy (non-hydrogen) atoms. The zero-order chi connectivity index (χ0) is 21.3. The number of aromatic nitrogens is 1. The molecule has 6 heteroatoms. The molecular formula is C22H37N3O3. The van der Waals surface area contributed by atoms with Crippen molar-refractivity contribution in [3.05, 3.63) is 22.5 Å². The van der Waals surface area contributed by atoms with E-state index in [1.807, 2.05) is 18.7 Å². The Balaban J connectivity index is 2.41. The van der Waals surface area contributed by atoms with Crippen LogP contribution in [-0.4, -0.2) is 52.5 Å². The molecule has 2 rings (SSSR count). The van der Waals surface area contributed by atoms with Gasteiger partial charge in [0.15, 0.2) is 0 Å². The molecule has 1 aromatic heterocycles. The van der Waals surface area contributed by atoms with Gasteiger partial charge in [0.1, 0.15) is 5.69 Å². The van der Waals surface area contributed by atoms with E-state index in [1.165, 1.54) is 7.11 Å². The minimum Gasteiger partial charge on any atom is -0.465 e. The highest BCUT2D eigenvalue weighted by Crippen LogP contribution is 2.33. The fraction of sp³-hybridized carbons (Fsp3) is 0.727. The highest BCUT2D eigenvalue weighted by Gasteiger charge is 2.41. The van der Waals surface area contributed by atoms with Gasteiger partial charge >= 0.3 is 5.97 Å². The van der Waals surface area contributed by atoms with Gasteiger partial charge < -0.3 is 19.9 Å². The fourth-order valence-corrected chi connectivity index (χ4v) is 4.78. The van der Waals surface area contributed by atoms with E-state index < -0.39 is 5.97 Å². The number of piperidine rings is 1. The quantitative estimate of drug-likeness (QED) is 0.720. The minimum absolute atomic E-state index is 0.0253. The molecule has 1 aliphatic rings. The number of carbonyl (C=O) groups is 2. The smallest absolute Gasteiger partial charge is 0.339 e. The van der Waals surface area contributed by atoms with Crippen LogP contribution >= 0.6 is 0 Å². The van der Waals surface area contributed by atoms with E-state index in [0.29, 0.717) is 22.5 Å². The lowest BCUT2D eigenvalue weighted by atomic mass is 9.79. The molecule has 6 nitrogen and oxygen atoms in total. The number of ether oxygens (including phenoxy) is 1. The van der Waals surface area contributed by atoms with Crippen LogP contribution in [0.3, 0.4) is 0 Å². The number of aromatic amines is 1. The fourth-order valence-electron chi connectivity index (χ4n) is 4.78. The summed E-state index contributed by atoms with van der Waals surface area (Å²) in [7, 11) is 1.36. The molecule has 1 aliphatic heterocycles. The average Bonchev–Trinajstić information content (AvgIpc) is 2.86. The van der Waals surface area contributed by atoms with Gasteiger partial charge in [0, 0.05) is 29.4 Å². The summed E-state index contributed by atoms with van der Waals surface area (Å²) >= 11 is 0. The average molecular weight is 392 g/mol.